The first-order valence-corrected chi connectivity index (χ1v) is 6.05. The van der Waals surface area contributed by atoms with Gasteiger partial charge in [-0.15, -0.1) is 0 Å². The number of nitrogens with two attached hydrogens (primary N) is 1. The third-order valence-corrected chi connectivity index (χ3v) is 3.38. The van der Waals surface area contributed by atoms with E-state index in [1.54, 1.807) is 6.07 Å². The van der Waals surface area contributed by atoms with Crippen LogP contribution in [0.2, 0.25) is 0 Å². The molecule has 0 spiro atoms. The second kappa shape index (κ2) is 5.22. The molecular weight excluding hydrogens is 236 g/mol. The van der Waals surface area contributed by atoms with Crippen molar-refractivity contribution in [2.24, 2.45) is 11.1 Å². The number of hydrogen-bond acceptors (Lipinski definition) is 2. The molecule has 0 aliphatic rings. The number of halogens is 2. The van der Waals surface area contributed by atoms with Crippen LogP contribution in [0.3, 0.4) is 0 Å². The van der Waals surface area contributed by atoms with Crippen molar-refractivity contribution in [2.45, 2.75) is 33.1 Å². The minimum Gasteiger partial charge on any atom is -0.496 e. The van der Waals surface area contributed by atoms with Gasteiger partial charge >= 0.3 is 0 Å². The third kappa shape index (κ3) is 2.48. The Bertz CT molecular complexity index is 416. The van der Waals surface area contributed by atoms with E-state index in [0.717, 1.165) is 5.56 Å². The molecule has 0 saturated heterocycles. The van der Waals surface area contributed by atoms with E-state index in [9.17, 15) is 8.78 Å². The number of rotatable bonds is 5. The number of alkyl halides is 2. The molecule has 0 aliphatic heterocycles. The van der Waals surface area contributed by atoms with Gasteiger partial charge in [0.1, 0.15) is 5.75 Å². The van der Waals surface area contributed by atoms with Crippen molar-refractivity contribution in [3.05, 3.63) is 29.3 Å². The summed E-state index contributed by atoms with van der Waals surface area (Å²) >= 11 is 0. The summed E-state index contributed by atoms with van der Waals surface area (Å²) in [5, 5.41) is 0. The SMILES string of the molecule is CCc1cc(C(F)(F)C(C)(C)CN)ccc1OC. The average molecular weight is 257 g/mol. The van der Waals surface area contributed by atoms with Gasteiger partial charge in [0.2, 0.25) is 0 Å². The second-order valence-corrected chi connectivity index (χ2v) is 5.04. The van der Waals surface area contributed by atoms with Gasteiger partial charge in [0.15, 0.2) is 0 Å². The first kappa shape index (κ1) is 14.9. The topological polar surface area (TPSA) is 35.2 Å². The summed E-state index contributed by atoms with van der Waals surface area (Å²) in [5.41, 5.74) is 4.96. The molecule has 1 aromatic carbocycles. The van der Waals surface area contributed by atoms with E-state index in [2.05, 4.69) is 0 Å². The van der Waals surface area contributed by atoms with Gasteiger partial charge in [-0.05, 0) is 30.2 Å². The molecule has 0 radical (unpaired) electrons. The molecule has 0 fully saturated rings. The Morgan fingerprint density at radius 1 is 1.28 bits per heavy atom. The summed E-state index contributed by atoms with van der Waals surface area (Å²) < 4.78 is 33.9. The molecule has 0 amide bonds. The maximum absolute atomic E-state index is 14.4. The van der Waals surface area contributed by atoms with E-state index in [-0.39, 0.29) is 12.1 Å². The molecular formula is C14H21F2NO. The number of aryl methyl sites for hydroxylation is 1. The monoisotopic (exact) mass is 257 g/mol. The predicted molar refractivity (Wildman–Crippen MR) is 69.1 cm³/mol. The minimum atomic E-state index is -2.96. The smallest absolute Gasteiger partial charge is 0.279 e. The molecule has 18 heavy (non-hydrogen) atoms. The molecule has 0 unspecified atom stereocenters. The highest BCUT2D eigenvalue weighted by atomic mass is 19.3. The maximum Gasteiger partial charge on any atom is 0.279 e. The Morgan fingerprint density at radius 2 is 1.89 bits per heavy atom. The van der Waals surface area contributed by atoms with Crippen molar-refractivity contribution in [3.63, 3.8) is 0 Å². The van der Waals surface area contributed by atoms with Gasteiger partial charge in [0.25, 0.3) is 5.92 Å². The van der Waals surface area contributed by atoms with Crippen molar-refractivity contribution in [2.75, 3.05) is 13.7 Å². The Balaban J connectivity index is 3.25. The van der Waals surface area contributed by atoms with Crippen LogP contribution in [0.15, 0.2) is 18.2 Å². The van der Waals surface area contributed by atoms with Crippen LogP contribution in [-0.4, -0.2) is 13.7 Å². The zero-order valence-corrected chi connectivity index (χ0v) is 11.4. The van der Waals surface area contributed by atoms with E-state index >= 15 is 0 Å². The van der Waals surface area contributed by atoms with E-state index in [1.165, 1.54) is 33.1 Å². The van der Waals surface area contributed by atoms with Crippen molar-refractivity contribution < 1.29 is 13.5 Å². The fourth-order valence-corrected chi connectivity index (χ4v) is 1.77. The minimum absolute atomic E-state index is 0.00407. The Kier molecular flexibility index (Phi) is 4.32. The highest BCUT2D eigenvalue weighted by Crippen LogP contribution is 2.44. The molecule has 0 aliphatic carbocycles. The van der Waals surface area contributed by atoms with Gasteiger partial charge in [-0.25, -0.2) is 8.78 Å². The molecule has 102 valence electrons. The van der Waals surface area contributed by atoms with E-state index in [0.29, 0.717) is 12.2 Å². The first-order valence-electron chi connectivity index (χ1n) is 6.05. The molecule has 4 heteroatoms. The zero-order valence-electron chi connectivity index (χ0n) is 11.4. The molecule has 2 N–H and O–H groups in total. The van der Waals surface area contributed by atoms with E-state index < -0.39 is 11.3 Å². The molecule has 0 saturated carbocycles. The third-order valence-electron chi connectivity index (χ3n) is 3.38. The molecule has 0 heterocycles. The first-order chi connectivity index (χ1) is 8.30. The number of benzene rings is 1. The number of methoxy groups -OCH3 is 1. The largest absolute Gasteiger partial charge is 0.496 e. The van der Waals surface area contributed by atoms with Crippen LogP contribution in [0.1, 0.15) is 31.9 Å². The van der Waals surface area contributed by atoms with E-state index in [1.807, 2.05) is 6.92 Å². The summed E-state index contributed by atoms with van der Waals surface area (Å²) in [6.45, 7) is 4.78. The van der Waals surface area contributed by atoms with Gasteiger partial charge in [-0.3, -0.25) is 0 Å². The Labute approximate surface area is 107 Å². The summed E-state index contributed by atoms with van der Waals surface area (Å²) in [7, 11) is 1.54. The normalized spacial score (nSPS) is 12.6. The van der Waals surface area contributed by atoms with Gasteiger partial charge in [-0.2, -0.15) is 0 Å². The summed E-state index contributed by atoms with van der Waals surface area (Å²) in [5.74, 6) is -2.32. The number of ether oxygens (including phenoxy) is 1. The summed E-state index contributed by atoms with van der Waals surface area (Å²) in [4.78, 5) is 0. The molecule has 1 rings (SSSR count). The lowest BCUT2D eigenvalue weighted by Crippen LogP contribution is -2.40. The molecule has 1 aromatic rings. The molecule has 2 nitrogen and oxygen atoms in total. The standard InChI is InChI=1S/C14H21F2NO/c1-5-10-8-11(6-7-12(10)18-4)14(15,16)13(2,3)9-17/h6-8H,5,9,17H2,1-4H3. The van der Waals surface area contributed by atoms with Crippen LogP contribution in [0.5, 0.6) is 5.75 Å². The fraction of sp³-hybridized carbons (Fsp3) is 0.571. The van der Waals surface area contributed by atoms with E-state index in [4.69, 9.17) is 10.5 Å². The van der Waals surface area contributed by atoms with Crippen molar-refractivity contribution in [1.82, 2.24) is 0 Å². The molecule has 0 bridgehead atoms. The van der Waals surface area contributed by atoms with Crippen LogP contribution in [0, 0.1) is 5.41 Å². The lowest BCUT2D eigenvalue weighted by Gasteiger charge is -2.33. The lowest BCUT2D eigenvalue weighted by atomic mass is 9.81. The summed E-state index contributed by atoms with van der Waals surface area (Å²) in [6, 6.07) is 4.51. The van der Waals surface area contributed by atoms with Crippen LogP contribution < -0.4 is 10.5 Å². The van der Waals surface area contributed by atoms with Crippen molar-refractivity contribution >= 4 is 0 Å². The predicted octanol–water partition coefficient (Wildman–Crippen LogP) is 3.33. The van der Waals surface area contributed by atoms with Gasteiger partial charge in [-0.1, -0.05) is 20.8 Å². The lowest BCUT2D eigenvalue weighted by molar-refractivity contribution is -0.108. The van der Waals surface area contributed by atoms with Crippen molar-refractivity contribution in [1.29, 1.82) is 0 Å². The zero-order chi connectivity index (χ0) is 14.0. The quantitative estimate of drug-likeness (QED) is 0.878. The van der Waals surface area contributed by atoms with Crippen LogP contribution in [0.4, 0.5) is 8.78 Å². The fourth-order valence-electron chi connectivity index (χ4n) is 1.77. The molecule has 0 aromatic heterocycles. The van der Waals surface area contributed by atoms with Gasteiger partial charge in [0.05, 0.1) is 7.11 Å². The Hall–Kier alpha value is -1.16. The highest BCUT2D eigenvalue weighted by molar-refractivity contribution is 5.39. The van der Waals surface area contributed by atoms with Crippen molar-refractivity contribution in [3.8, 4) is 5.75 Å². The second-order valence-electron chi connectivity index (χ2n) is 5.04. The van der Waals surface area contributed by atoms with Crippen LogP contribution in [0.25, 0.3) is 0 Å². The maximum atomic E-state index is 14.4. The average Bonchev–Trinajstić information content (AvgIpc) is 2.37. The highest BCUT2D eigenvalue weighted by Gasteiger charge is 2.47. The number of hydrogen-bond donors (Lipinski definition) is 1. The van der Waals surface area contributed by atoms with Crippen LogP contribution in [-0.2, 0) is 12.3 Å². The van der Waals surface area contributed by atoms with Crippen LogP contribution >= 0.6 is 0 Å². The van der Waals surface area contributed by atoms with Gasteiger partial charge in [0, 0.05) is 17.5 Å². The Morgan fingerprint density at radius 3 is 2.33 bits per heavy atom. The van der Waals surface area contributed by atoms with Gasteiger partial charge < -0.3 is 10.5 Å². The summed E-state index contributed by atoms with van der Waals surface area (Å²) in [6.07, 6.45) is 0.649. The molecule has 0 atom stereocenters.